The lowest BCUT2D eigenvalue weighted by molar-refractivity contribution is -0.118. The topological polar surface area (TPSA) is 64.3 Å². The van der Waals surface area contributed by atoms with Crippen molar-refractivity contribution in [3.8, 4) is 5.75 Å². The molecule has 0 fully saturated rings. The van der Waals surface area contributed by atoms with Crippen molar-refractivity contribution in [3.63, 3.8) is 0 Å². The Hall–Kier alpha value is -1.55. The van der Waals surface area contributed by atoms with Crippen molar-refractivity contribution in [2.45, 2.75) is 33.2 Å². The fourth-order valence-electron chi connectivity index (χ4n) is 1.82. The van der Waals surface area contributed by atoms with Crippen molar-refractivity contribution >= 4 is 5.91 Å². The van der Waals surface area contributed by atoms with E-state index in [1.807, 2.05) is 12.1 Å². The van der Waals surface area contributed by atoms with Gasteiger partial charge in [-0.05, 0) is 26.5 Å². The number of hydrogen-bond acceptors (Lipinski definition) is 3. The minimum atomic E-state index is -0.344. The van der Waals surface area contributed by atoms with Crippen molar-refractivity contribution in [1.82, 2.24) is 5.32 Å². The lowest BCUT2D eigenvalue weighted by Gasteiger charge is -2.18. The summed E-state index contributed by atoms with van der Waals surface area (Å²) < 4.78 is 5.63. The van der Waals surface area contributed by atoms with Crippen LogP contribution in [0.25, 0.3) is 0 Å². The summed E-state index contributed by atoms with van der Waals surface area (Å²) in [4.78, 5) is 10.7. The summed E-state index contributed by atoms with van der Waals surface area (Å²) in [7, 11) is 0. The Morgan fingerprint density at radius 1 is 1.50 bits per heavy atom. The van der Waals surface area contributed by atoms with Crippen LogP contribution in [0.3, 0.4) is 0 Å². The second-order valence-corrected chi connectivity index (χ2v) is 4.39. The van der Waals surface area contributed by atoms with Crippen LogP contribution in [0.2, 0.25) is 0 Å². The van der Waals surface area contributed by atoms with Gasteiger partial charge in [0, 0.05) is 11.6 Å². The average molecular weight is 250 g/mol. The molecule has 1 unspecified atom stereocenters. The molecule has 0 spiro atoms. The fraction of sp³-hybridized carbons (Fsp3) is 0.500. The van der Waals surface area contributed by atoms with E-state index in [1.54, 1.807) is 0 Å². The van der Waals surface area contributed by atoms with E-state index in [-0.39, 0.29) is 18.4 Å². The first-order valence-corrected chi connectivity index (χ1v) is 6.29. The van der Waals surface area contributed by atoms with E-state index < -0.39 is 0 Å². The number of carbonyl (C=O) groups is 1. The van der Waals surface area contributed by atoms with Crippen LogP contribution in [-0.4, -0.2) is 19.1 Å². The Labute approximate surface area is 109 Å². The Kier molecular flexibility index (Phi) is 5.65. The summed E-state index contributed by atoms with van der Waals surface area (Å²) in [5.74, 6) is 0.471. The quantitative estimate of drug-likeness (QED) is 0.777. The molecule has 0 aliphatic heterocycles. The van der Waals surface area contributed by atoms with Crippen LogP contribution >= 0.6 is 0 Å². The summed E-state index contributed by atoms with van der Waals surface area (Å²) in [5.41, 5.74) is 7.40. The van der Waals surface area contributed by atoms with Gasteiger partial charge in [-0.2, -0.15) is 0 Å². The maximum atomic E-state index is 10.7. The number of amides is 1. The molecule has 1 atom stereocenters. The summed E-state index contributed by atoms with van der Waals surface area (Å²) in [6.07, 6.45) is 0.239. The molecule has 4 heteroatoms. The number of rotatable bonds is 7. The summed E-state index contributed by atoms with van der Waals surface area (Å²) >= 11 is 0. The summed E-state index contributed by atoms with van der Waals surface area (Å²) in [6, 6.07) is 6.27. The Balaban J connectivity index is 2.79. The van der Waals surface area contributed by atoms with Gasteiger partial charge in [0.2, 0.25) is 5.91 Å². The molecule has 0 aliphatic carbocycles. The number of aryl methyl sites for hydroxylation is 1. The molecule has 1 aromatic carbocycles. The highest BCUT2D eigenvalue weighted by molar-refractivity contribution is 5.73. The van der Waals surface area contributed by atoms with Crippen molar-refractivity contribution in [3.05, 3.63) is 29.3 Å². The number of carbonyl (C=O) groups excluding carboxylic acids is 1. The lowest BCUT2D eigenvalue weighted by Crippen LogP contribution is -2.19. The van der Waals surface area contributed by atoms with Gasteiger partial charge in [0.25, 0.3) is 0 Å². The van der Waals surface area contributed by atoms with Crippen molar-refractivity contribution in [1.29, 1.82) is 0 Å². The number of nitrogens with one attached hydrogen (secondary N) is 1. The van der Waals surface area contributed by atoms with Crippen molar-refractivity contribution < 1.29 is 9.53 Å². The van der Waals surface area contributed by atoms with E-state index in [2.05, 4.69) is 32.2 Å². The number of benzene rings is 1. The third kappa shape index (κ3) is 4.37. The van der Waals surface area contributed by atoms with Crippen LogP contribution in [0.5, 0.6) is 5.75 Å². The SMILES string of the molecule is CCNC(C)c1cc(C)ccc1OCCC(N)=O. The predicted molar refractivity (Wildman–Crippen MR) is 72.6 cm³/mol. The summed E-state index contributed by atoms with van der Waals surface area (Å²) in [6.45, 7) is 7.44. The fourth-order valence-corrected chi connectivity index (χ4v) is 1.82. The van der Waals surface area contributed by atoms with E-state index in [9.17, 15) is 4.79 Å². The minimum absolute atomic E-state index is 0.221. The first-order valence-electron chi connectivity index (χ1n) is 6.29. The van der Waals surface area contributed by atoms with E-state index >= 15 is 0 Å². The molecule has 1 rings (SSSR count). The largest absolute Gasteiger partial charge is 0.493 e. The molecule has 0 bridgehead atoms. The van der Waals surface area contributed by atoms with Crippen LogP contribution < -0.4 is 15.8 Å². The Morgan fingerprint density at radius 2 is 2.22 bits per heavy atom. The molecule has 3 N–H and O–H groups in total. The molecule has 18 heavy (non-hydrogen) atoms. The van der Waals surface area contributed by atoms with Crippen LogP contribution in [-0.2, 0) is 4.79 Å². The van der Waals surface area contributed by atoms with E-state index in [0.717, 1.165) is 17.9 Å². The van der Waals surface area contributed by atoms with Crippen LogP contribution in [0, 0.1) is 6.92 Å². The van der Waals surface area contributed by atoms with E-state index in [0.29, 0.717) is 6.61 Å². The molecule has 0 radical (unpaired) electrons. The lowest BCUT2D eigenvalue weighted by atomic mass is 10.0. The standard InChI is InChI=1S/C14H22N2O2/c1-4-16-11(3)12-9-10(2)5-6-13(12)18-8-7-14(15)17/h5-6,9,11,16H,4,7-8H2,1-3H3,(H2,15,17). The molecule has 100 valence electrons. The Morgan fingerprint density at radius 3 is 2.83 bits per heavy atom. The van der Waals surface area contributed by atoms with Crippen LogP contribution in [0.15, 0.2) is 18.2 Å². The zero-order valence-electron chi connectivity index (χ0n) is 11.3. The maximum Gasteiger partial charge on any atom is 0.220 e. The second-order valence-electron chi connectivity index (χ2n) is 4.39. The molecular formula is C14H22N2O2. The highest BCUT2D eigenvalue weighted by Gasteiger charge is 2.11. The van der Waals surface area contributed by atoms with Gasteiger partial charge in [-0.15, -0.1) is 0 Å². The van der Waals surface area contributed by atoms with Crippen molar-refractivity contribution in [2.75, 3.05) is 13.2 Å². The van der Waals surface area contributed by atoms with Gasteiger partial charge in [-0.25, -0.2) is 0 Å². The summed E-state index contributed by atoms with van der Waals surface area (Å²) in [5, 5.41) is 3.36. The second kappa shape index (κ2) is 7.01. The van der Waals surface area contributed by atoms with Gasteiger partial charge >= 0.3 is 0 Å². The molecule has 0 heterocycles. The number of nitrogens with two attached hydrogens (primary N) is 1. The zero-order chi connectivity index (χ0) is 13.5. The van der Waals surface area contributed by atoms with Gasteiger partial charge in [0.15, 0.2) is 0 Å². The molecule has 4 nitrogen and oxygen atoms in total. The van der Waals surface area contributed by atoms with Gasteiger partial charge < -0.3 is 15.8 Å². The number of ether oxygens (including phenoxy) is 1. The average Bonchev–Trinajstić information content (AvgIpc) is 2.31. The first kappa shape index (κ1) is 14.5. The molecule has 0 aromatic heterocycles. The number of hydrogen-bond donors (Lipinski definition) is 2. The van der Waals surface area contributed by atoms with E-state index in [1.165, 1.54) is 5.56 Å². The van der Waals surface area contributed by atoms with E-state index in [4.69, 9.17) is 10.5 Å². The molecule has 1 amide bonds. The third-order valence-corrected chi connectivity index (χ3v) is 2.75. The zero-order valence-corrected chi connectivity index (χ0v) is 11.3. The third-order valence-electron chi connectivity index (χ3n) is 2.75. The van der Waals surface area contributed by atoms with Crippen LogP contribution in [0.4, 0.5) is 0 Å². The predicted octanol–water partition coefficient (Wildman–Crippen LogP) is 1.92. The molecule has 0 aliphatic rings. The maximum absolute atomic E-state index is 10.7. The molecule has 0 saturated carbocycles. The Bertz CT molecular complexity index is 405. The first-order chi connectivity index (χ1) is 8.54. The van der Waals surface area contributed by atoms with Gasteiger partial charge in [-0.1, -0.05) is 24.6 Å². The van der Waals surface area contributed by atoms with Gasteiger partial charge in [-0.3, -0.25) is 4.79 Å². The molecule has 1 aromatic rings. The monoisotopic (exact) mass is 250 g/mol. The van der Waals surface area contributed by atoms with Crippen LogP contribution in [0.1, 0.15) is 37.4 Å². The van der Waals surface area contributed by atoms with Gasteiger partial charge in [0.1, 0.15) is 5.75 Å². The smallest absolute Gasteiger partial charge is 0.220 e. The molecule has 0 saturated heterocycles. The van der Waals surface area contributed by atoms with Gasteiger partial charge in [0.05, 0.1) is 13.0 Å². The molecular weight excluding hydrogens is 228 g/mol. The highest BCUT2D eigenvalue weighted by Crippen LogP contribution is 2.26. The normalized spacial score (nSPS) is 12.2. The highest BCUT2D eigenvalue weighted by atomic mass is 16.5. The van der Waals surface area contributed by atoms with Crippen molar-refractivity contribution in [2.24, 2.45) is 5.73 Å². The number of primary amides is 1. The minimum Gasteiger partial charge on any atom is -0.493 e.